The van der Waals surface area contributed by atoms with Crippen LogP contribution in [0, 0.1) is 5.82 Å². The second-order valence-electron chi connectivity index (χ2n) is 5.16. The van der Waals surface area contributed by atoms with Gasteiger partial charge in [-0.15, -0.1) is 11.3 Å². The fourth-order valence-electron chi connectivity index (χ4n) is 2.39. The second kappa shape index (κ2) is 5.37. The maximum absolute atomic E-state index is 13.1. The van der Waals surface area contributed by atoms with E-state index in [0.717, 1.165) is 15.8 Å². The Hall–Kier alpha value is -1.92. The maximum atomic E-state index is 13.1. The molecule has 114 valence electrons. The molecule has 1 fully saturated rings. The summed E-state index contributed by atoms with van der Waals surface area (Å²) in [6.07, 6.45) is 0. The molecule has 1 aromatic heterocycles. The first-order valence-corrected chi connectivity index (χ1v) is 7.79. The lowest BCUT2D eigenvalue weighted by Gasteiger charge is -2.20. The van der Waals surface area contributed by atoms with E-state index in [-0.39, 0.29) is 17.5 Å². The number of hydrogen-bond donors (Lipinski definition) is 1. The largest absolute Gasteiger partial charge is 0.325 e. The quantitative estimate of drug-likeness (QED) is 0.871. The summed E-state index contributed by atoms with van der Waals surface area (Å²) < 4.78 is 13.1. The van der Waals surface area contributed by atoms with Crippen LogP contribution < -0.4 is 5.32 Å². The van der Waals surface area contributed by atoms with Gasteiger partial charge >= 0.3 is 6.03 Å². The Balaban J connectivity index is 1.89. The highest BCUT2D eigenvalue weighted by Crippen LogP contribution is 2.33. The van der Waals surface area contributed by atoms with Gasteiger partial charge in [0.05, 0.1) is 6.54 Å². The minimum atomic E-state index is -1.07. The lowest BCUT2D eigenvalue weighted by Crippen LogP contribution is -2.40. The van der Waals surface area contributed by atoms with E-state index in [1.54, 1.807) is 13.0 Å². The molecule has 7 heteroatoms. The molecule has 2 aromatic rings. The zero-order valence-electron chi connectivity index (χ0n) is 11.6. The summed E-state index contributed by atoms with van der Waals surface area (Å²) in [6.45, 7) is 1.68. The fourth-order valence-corrected chi connectivity index (χ4v) is 3.45. The number of benzene rings is 1. The van der Waals surface area contributed by atoms with Gasteiger partial charge in [0, 0.05) is 9.90 Å². The molecule has 3 rings (SSSR count). The first kappa shape index (κ1) is 15.0. The molecule has 2 heterocycles. The highest BCUT2D eigenvalue weighted by molar-refractivity contribution is 7.10. The van der Waals surface area contributed by atoms with Crippen molar-refractivity contribution >= 4 is 34.9 Å². The van der Waals surface area contributed by atoms with Crippen LogP contribution in [0.15, 0.2) is 35.7 Å². The topological polar surface area (TPSA) is 49.4 Å². The van der Waals surface area contributed by atoms with Gasteiger partial charge in [-0.05, 0) is 36.1 Å². The molecule has 4 nitrogen and oxygen atoms in total. The van der Waals surface area contributed by atoms with E-state index in [1.165, 1.54) is 23.5 Å². The van der Waals surface area contributed by atoms with E-state index in [4.69, 9.17) is 11.6 Å². The van der Waals surface area contributed by atoms with Crippen molar-refractivity contribution in [2.45, 2.75) is 19.0 Å². The number of carbonyl (C=O) groups is 2. The van der Waals surface area contributed by atoms with Crippen molar-refractivity contribution < 1.29 is 14.0 Å². The normalized spacial score (nSPS) is 21.3. The third-order valence-corrected chi connectivity index (χ3v) is 5.08. The zero-order valence-corrected chi connectivity index (χ0v) is 13.2. The number of thiophene rings is 1. The van der Waals surface area contributed by atoms with Gasteiger partial charge in [-0.1, -0.05) is 23.7 Å². The van der Waals surface area contributed by atoms with Gasteiger partial charge < -0.3 is 5.32 Å². The predicted octanol–water partition coefficient (Wildman–Crippen LogP) is 3.51. The third kappa shape index (κ3) is 2.38. The molecule has 0 aliphatic carbocycles. The standard InChI is InChI=1S/C15H12ClFN2O2S/c1-15(12-3-2-6-22-12)13(20)19(14(21)18-15)8-9-4-5-10(17)7-11(9)16/h2-7H,8H2,1H3,(H,18,21)/t15-/m0/s1. The van der Waals surface area contributed by atoms with Crippen LogP contribution in [0.25, 0.3) is 0 Å². The highest BCUT2D eigenvalue weighted by atomic mass is 35.5. The summed E-state index contributed by atoms with van der Waals surface area (Å²) in [7, 11) is 0. The van der Waals surface area contributed by atoms with Crippen LogP contribution in [-0.4, -0.2) is 16.8 Å². The lowest BCUT2D eigenvalue weighted by atomic mass is 10.0. The van der Waals surface area contributed by atoms with Gasteiger partial charge in [-0.2, -0.15) is 0 Å². The molecule has 0 radical (unpaired) electrons. The summed E-state index contributed by atoms with van der Waals surface area (Å²) in [6, 6.07) is 7.02. The van der Waals surface area contributed by atoms with Crippen molar-refractivity contribution in [1.82, 2.24) is 10.2 Å². The van der Waals surface area contributed by atoms with Crippen molar-refractivity contribution in [3.63, 3.8) is 0 Å². The van der Waals surface area contributed by atoms with Crippen molar-refractivity contribution in [2.75, 3.05) is 0 Å². The van der Waals surface area contributed by atoms with Crippen molar-refractivity contribution in [3.05, 3.63) is 57.0 Å². The Morgan fingerprint density at radius 2 is 2.14 bits per heavy atom. The number of carbonyl (C=O) groups excluding carboxylic acids is 2. The maximum Gasteiger partial charge on any atom is 0.325 e. The zero-order chi connectivity index (χ0) is 15.9. The van der Waals surface area contributed by atoms with E-state index in [0.29, 0.717) is 5.56 Å². The van der Waals surface area contributed by atoms with Crippen molar-refractivity contribution in [2.24, 2.45) is 0 Å². The van der Waals surface area contributed by atoms with Crippen LogP contribution in [0.3, 0.4) is 0 Å². The molecule has 0 spiro atoms. The number of imide groups is 1. The van der Waals surface area contributed by atoms with Crippen LogP contribution in [0.1, 0.15) is 17.4 Å². The number of nitrogens with one attached hydrogen (secondary N) is 1. The van der Waals surface area contributed by atoms with Crippen LogP contribution in [-0.2, 0) is 16.9 Å². The molecule has 1 saturated heterocycles. The monoisotopic (exact) mass is 338 g/mol. The molecule has 3 amide bonds. The number of amides is 3. The summed E-state index contributed by atoms with van der Waals surface area (Å²) >= 11 is 7.37. The summed E-state index contributed by atoms with van der Waals surface area (Å²) in [5, 5.41) is 4.75. The van der Waals surface area contributed by atoms with Gasteiger partial charge in [0.1, 0.15) is 5.82 Å². The molecule has 1 aliphatic rings. The molecule has 0 unspecified atom stereocenters. The van der Waals surface area contributed by atoms with Crippen LogP contribution in [0.5, 0.6) is 0 Å². The van der Waals surface area contributed by atoms with E-state index in [2.05, 4.69) is 5.32 Å². The number of halogens is 2. The van der Waals surface area contributed by atoms with Gasteiger partial charge in [0.2, 0.25) is 0 Å². The van der Waals surface area contributed by atoms with Gasteiger partial charge in [-0.25, -0.2) is 9.18 Å². The SMILES string of the molecule is C[C@@]1(c2cccs2)NC(=O)N(Cc2ccc(F)cc2Cl)C1=O. The Kier molecular flexibility index (Phi) is 3.66. The first-order valence-electron chi connectivity index (χ1n) is 6.54. The molecule has 1 N–H and O–H groups in total. The van der Waals surface area contributed by atoms with Gasteiger partial charge in [0.15, 0.2) is 5.54 Å². The fraction of sp³-hybridized carbons (Fsp3) is 0.200. The number of urea groups is 1. The van der Waals surface area contributed by atoms with Gasteiger partial charge in [-0.3, -0.25) is 9.69 Å². The Bertz CT molecular complexity index is 750. The smallest absolute Gasteiger partial charge is 0.319 e. The van der Waals surface area contributed by atoms with Crippen molar-refractivity contribution in [3.8, 4) is 0 Å². The molecule has 1 atom stereocenters. The Morgan fingerprint density at radius 3 is 2.77 bits per heavy atom. The highest BCUT2D eigenvalue weighted by Gasteiger charge is 2.49. The minimum absolute atomic E-state index is 0.00471. The average molecular weight is 339 g/mol. The lowest BCUT2D eigenvalue weighted by molar-refractivity contribution is -0.131. The Labute approximate surface area is 135 Å². The predicted molar refractivity (Wildman–Crippen MR) is 82.2 cm³/mol. The molecule has 0 saturated carbocycles. The van der Waals surface area contributed by atoms with Crippen molar-refractivity contribution in [1.29, 1.82) is 0 Å². The van der Waals surface area contributed by atoms with E-state index in [9.17, 15) is 14.0 Å². The molecular formula is C15H12ClFN2O2S. The van der Waals surface area contributed by atoms with E-state index < -0.39 is 17.4 Å². The minimum Gasteiger partial charge on any atom is -0.319 e. The molecule has 0 bridgehead atoms. The summed E-state index contributed by atoms with van der Waals surface area (Å²) in [5.41, 5.74) is -0.556. The molecule has 1 aromatic carbocycles. The molecule has 1 aliphatic heterocycles. The Morgan fingerprint density at radius 1 is 1.36 bits per heavy atom. The van der Waals surface area contributed by atoms with Gasteiger partial charge in [0.25, 0.3) is 5.91 Å². The summed E-state index contributed by atoms with van der Waals surface area (Å²) in [4.78, 5) is 26.7. The average Bonchev–Trinajstić information content (AvgIpc) is 3.06. The first-order chi connectivity index (χ1) is 10.4. The van der Waals surface area contributed by atoms with Crippen LogP contribution >= 0.6 is 22.9 Å². The second-order valence-corrected chi connectivity index (χ2v) is 6.51. The van der Waals surface area contributed by atoms with E-state index in [1.807, 2.05) is 11.4 Å². The van der Waals surface area contributed by atoms with E-state index >= 15 is 0 Å². The third-order valence-electron chi connectivity index (χ3n) is 3.63. The number of hydrogen-bond acceptors (Lipinski definition) is 3. The summed E-state index contributed by atoms with van der Waals surface area (Å²) in [5.74, 6) is -0.810. The van der Waals surface area contributed by atoms with Crippen LogP contribution in [0.4, 0.5) is 9.18 Å². The molecule has 22 heavy (non-hydrogen) atoms. The van der Waals surface area contributed by atoms with Crippen LogP contribution in [0.2, 0.25) is 5.02 Å². The molecular weight excluding hydrogens is 327 g/mol. The number of nitrogens with zero attached hydrogens (tertiary/aromatic N) is 1. The number of rotatable bonds is 3.